The minimum atomic E-state index is 0.112. The summed E-state index contributed by atoms with van der Waals surface area (Å²) in [6.45, 7) is 0. The lowest BCUT2D eigenvalue weighted by molar-refractivity contribution is 0.916. The van der Waals surface area contributed by atoms with Gasteiger partial charge in [-0.25, -0.2) is 0 Å². The number of fused-ring (bicyclic) bond motifs is 8. The first-order valence-corrected chi connectivity index (χ1v) is 14.9. The van der Waals surface area contributed by atoms with Crippen molar-refractivity contribution in [1.82, 2.24) is 0 Å². The molecule has 3 heterocycles. The molecule has 0 spiro atoms. The Bertz CT molecular complexity index is 2310. The normalized spacial score (nSPS) is 15.5. The van der Waals surface area contributed by atoms with Gasteiger partial charge in [0.15, 0.2) is 0 Å². The lowest BCUT2D eigenvalue weighted by atomic mass is 9.84. The quantitative estimate of drug-likeness (QED) is 0.217. The molecular formula is C38H23N3S. The van der Waals surface area contributed by atoms with Crippen LogP contribution in [0.1, 0.15) is 11.1 Å². The lowest BCUT2D eigenvalue weighted by Crippen LogP contribution is -2.31. The third kappa shape index (κ3) is 3.20. The monoisotopic (exact) mass is 553 g/mol. The van der Waals surface area contributed by atoms with Crippen LogP contribution < -0.4 is 10.2 Å². The molecule has 3 nitrogen and oxygen atoms in total. The standard InChI is InChI=1S/C38H23N3S/c39-21-23-17-19-31(26-10-2-1-9-25(23)26)36-29-13-5-3-11-27(29)35(28-12-4-6-14-30(28)36)24-18-20-34-40-37-32-15-7-8-16-33(32)42-38(37)41(34)22-24/h1-20,22,34,40H. The van der Waals surface area contributed by atoms with Crippen LogP contribution in [-0.4, -0.2) is 6.17 Å². The van der Waals surface area contributed by atoms with Gasteiger partial charge in [-0.3, -0.25) is 0 Å². The number of anilines is 2. The number of hydrogen-bond acceptors (Lipinski definition) is 4. The fourth-order valence-electron chi connectivity index (χ4n) is 6.86. The molecule has 1 unspecified atom stereocenters. The highest BCUT2D eigenvalue weighted by atomic mass is 32.1. The molecule has 6 aromatic carbocycles. The van der Waals surface area contributed by atoms with Crippen molar-refractivity contribution in [1.29, 1.82) is 5.26 Å². The van der Waals surface area contributed by atoms with E-state index in [2.05, 4.69) is 132 Å². The lowest BCUT2D eigenvalue weighted by Gasteiger charge is -2.26. The number of nitrogens with zero attached hydrogens (tertiary/aromatic N) is 2. The fourth-order valence-corrected chi connectivity index (χ4v) is 8.03. The highest BCUT2D eigenvalue weighted by molar-refractivity contribution is 7.23. The topological polar surface area (TPSA) is 39.1 Å². The number of rotatable bonds is 2. The molecule has 0 fully saturated rings. The van der Waals surface area contributed by atoms with Crippen LogP contribution in [0, 0.1) is 11.3 Å². The summed E-state index contributed by atoms with van der Waals surface area (Å²) in [6, 6.07) is 40.9. The van der Waals surface area contributed by atoms with Gasteiger partial charge in [0.05, 0.1) is 17.3 Å². The van der Waals surface area contributed by atoms with Crippen LogP contribution in [-0.2, 0) is 0 Å². The van der Waals surface area contributed by atoms with Crippen LogP contribution >= 0.6 is 11.3 Å². The molecule has 0 saturated carbocycles. The maximum Gasteiger partial charge on any atom is 0.124 e. The van der Waals surface area contributed by atoms with Gasteiger partial charge < -0.3 is 10.2 Å². The first-order chi connectivity index (χ1) is 20.8. The molecule has 1 N–H and O–H groups in total. The van der Waals surface area contributed by atoms with Gasteiger partial charge in [-0.15, -0.1) is 11.3 Å². The molecular weight excluding hydrogens is 531 g/mol. The number of hydrogen-bond donors (Lipinski definition) is 1. The maximum absolute atomic E-state index is 9.82. The van der Waals surface area contributed by atoms with E-state index in [1.807, 2.05) is 23.5 Å². The van der Waals surface area contributed by atoms with Gasteiger partial charge in [-0.1, -0.05) is 103 Å². The van der Waals surface area contributed by atoms with E-state index in [1.165, 1.54) is 59.0 Å². The van der Waals surface area contributed by atoms with Crippen molar-refractivity contribution in [2.75, 3.05) is 10.2 Å². The van der Waals surface area contributed by atoms with Gasteiger partial charge in [-0.2, -0.15) is 5.26 Å². The van der Waals surface area contributed by atoms with E-state index in [4.69, 9.17) is 0 Å². The fraction of sp³-hybridized carbons (Fsp3) is 0.0263. The summed E-state index contributed by atoms with van der Waals surface area (Å²) in [5.41, 5.74) is 6.72. The van der Waals surface area contributed by atoms with Crippen molar-refractivity contribution < 1.29 is 0 Å². The van der Waals surface area contributed by atoms with Crippen molar-refractivity contribution in [2.24, 2.45) is 0 Å². The van der Waals surface area contributed by atoms with Crippen molar-refractivity contribution in [3.05, 3.63) is 139 Å². The number of thiophene rings is 1. The van der Waals surface area contributed by atoms with E-state index in [0.717, 1.165) is 16.3 Å². The molecule has 0 amide bonds. The Morgan fingerprint density at radius 3 is 1.93 bits per heavy atom. The summed E-state index contributed by atoms with van der Waals surface area (Å²) < 4.78 is 1.30. The molecule has 0 radical (unpaired) electrons. The molecule has 0 saturated heterocycles. The Labute approximate surface area is 246 Å². The Morgan fingerprint density at radius 1 is 0.643 bits per heavy atom. The van der Waals surface area contributed by atoms with Crippen LogP contribution in [0.15, 0.2) is 128 Å². The Kier molecular flexibility index (Phi) is 4.90. The second kappa shape index (κ2) is 8.81. The molecule has 42 heavy (non-hydrogen) atoms. The molecule has 0 aliphatic carbocycles. The Balaban J connectivity index is 1.32. The molecule has 1 atom stereocenters. The van der Waals surface area contributed by atoms with Gasteiger partial charge >= 0.3 is 0 Å². The SMILES string of the molecule is N#Cc1ccc(-c2c3ccccc3c(C3=CN4c5sc6ccccc6c5NC4C=C3)c3ccccc23)c2ccccc12. The van der Waals surface area contributed by atoms with Crippen molar-refractivity contribution in [3.8, 4) is 17.2 Å². The van der Waals surface area contributed by atoms with Crippen LogP contribution in [0.2, 0.25) is 0 Å². The highest BCUT2D eigenvalue weighted by Crippen LogP contribution is 2.50. The van der Waals surface area contributed by atoms with Crippen LogP contribution in [0.4, 0.5) is 10.7 Å². The van der Waals surface area contributed by atoms with Crippen molar-refractivity contribution in [3.63, 3.8) is 0 Å². The van der Waals surface area contributed by atoms with Gasteiger partial charge in [0.1, 0.15) is 11.2 Å². The minimum absolute atomic E-state index is 0.112. The zero-order valence-electron chi connectivity index (χ0n) is 22.5. The second-order valence-electron chi connectivity index (χ2n) is 10.9. The molecule has 196 valence electrons. The van der Waals surface area contributed by atoms with Crippen molar-refractivity contribution in [2.45, 2.75) is 6.17 Å². The third-order valence-electron chi connectivity index (χ3n) is 8.67. The predicted molar refractivity (Wildman–Crippen MR) is 178 cm³/mol. The number of allylic oxidation sites excluding steroid dienone is 2. The molecule has 7 aromatic rings. The summed E-state index contributed by atoms with van der Waals surface area (Å²) in [6.07, 6.45) is 6.99. The number of benzene rings is 6. The molecule has 1 aromatic heterocycles. The van der Waals surface area contributed by atoms with E-state index in [9.17, 15) is 5.26 Å². The third-order valence-corrected chi connectivity index (χ3v) is 9.86. The molecule has 2 aliphatic heterocycles. The molecule has 9 rings (SSSR count). The van der Waals surface area contributed by atoms with E-state index in [1.54, 1.807) is 0 Å². The summed E-state index contributed by atoms with van der Waals surface area (Å²) in [4.78, 5) is 2.39. The van der Waals surface area contributed by atoms with Crippen LogP contribution in [0.5, 0.6) is 0 Å². The van der Waals surface area contributed by atoms with Gasteiger partial charge in [0.25, 0.3) is 0 Å². The Morgan fingerprint density at radius 2 is 1.24 bits per heavy atom. The largest absolute Gasteiger partial charge is 0.359 e. The van der Waals surface area contributed by atoms with E-state index in [0.29, 0.717) is 5.56 Å². The molecule has 2 aliphatic rings. The maximum atomic E-state index is 9.82. The zero-order valence-corrected chi connectivity index (χ0v) is 23.3. The second-order valence-corrected chi connectivity index (χ2v) is 11.9. The Hall–Kier alpha value is -5.37. The molecule has 4 heteroatoms. The summed E-state index contributed by atoms with van der Waals surface area (Å²) in [7, 11) is 0. The summed E-state index contributed by atoms with van der Waals surface area (Å²) in [5, 5.41) is 23.0. The molecule has 0 bridgehead atoms. The van der Waals surface area contributed by atoms with Crippen LogP contribution in [0.25, 0.3) is 59.1 Å². The van der Waals surface area contributed by atoms with Crippen LogP contribution in [0.3, 0.4) is 0 Å². The van der Waals surface area contributed by atoms with E-state index < -0.39 is 0 Å². The first-order valence-electron chi connectivity index (χ1n) is 14.1. The first kappa shape index (κ1) is 23.3. The van der Waals surface area contributed by atoms with E-state index >= 15 is 0 Å². The van der Waals surface area contributed by atoms with Gasteiger partial charge in [0, 0.05) is 21.7 Å². The minimum Gasteiger partial charge on any atom is -0.359 e. The number of nitrogens with one attached hydrogen (secondary N) is 1. The average Bonchev–Trinajstić information content (AvgIpc) is 3.59. The number of nitriles is 1. The zero-order chi connectivity index (χ0) is 27.8. The summed E-state index contributed by atoms with van der Waals surface area (Å²) >= 11 is 1.84. The predicted octanol–water partition coefficient (Wildman–Crippen LogP) is 10.1. The van der Waals surface area contributed by atoms with Gasteiger partial charge in [-0.05, 0) is 67.4 Å². The van der Waals surface area contributed by atoms with Gasteiger partial charge in [0.2, 0.25) is 0 Å². The average molecular weight is 554 g/mol. The smallest absolute Gasteiger partial charge is 0.124 e. The van der Waals surface area contributed by atoms with Crippen molar-refractivity contribution >= 4 is 70.0 Å². The highest BCUT2D eigenvalue weighted by Gasteiger charge is 2.32. The summed E-state index contributed by atoms with van der Waals surface area (Å²) in [5.74, 6) is 0. The van der Waals surface area contributed by atoms with E-state index in [-0.39, 0.29) is 6.17 Å².